The van der Waals surface area contributed by atoms with E-state index < -0.39 is 0 Å². The Kier molecular flexibility index (Phi) is 4.97. The van der Waals surface area contributed by atoms with Gasteiger partial charge in [-0.2, -0.15) is 0 Å². The van der Waals surface area contributed by atoms with E-state index in [2.05, 4.69) is 39.1 Å². The summed E-state index contributed by atoms with van der Waals surface area (Å²) in [6, 6.07) is 9.83. The zero-order chi connectivity index (χ0) is 19.0. The molecule has 2 aliphatic heterocycles. The fourth-order valence-corrected chi connectivity index (χ4v) is 4.09. The van der Waals surface area contributed by atoms with Crippen molar-refractivity contribution in [1.82, 2.24) is 4.90 Å². The van der Waals surface area contributed by atoms with Crippen LogP contribution in [0.5, 0.6) is 17.2 Å². The van der Waals surface area contributed by atoms with Gasteiger partial charge in [-0.05, 0) is 42.8 Å². The molecule has 0 aliphatic carbocycles. The zero-order valence-electron chi connectivity index (χ0n) is 15.2. The van der Waals surface area contributed by atoms with Crippen molar-refractivity contribution in [3.05, 3.63) is 51.5 Å². The van der Waals surface area contributed by atoms with E-state index in [9.17, 15) is 5.21 Å². The van der Waals surface area contributed by atoms with Crippen LogP contribution in [0.15, 0.2) is 40.0 Å². The molecule has 142 valence electrons. The molecule has 0 spiro atoms. The monoisotopic (exact) mass is 432 g/mol. The average Bonchev–Trinajstić information content (AvgIpc) is 3.15. The van der Waals surface area contributed by atoms with Crippen LogP contribution in [0.1, 0.15) is 29.2 Å². The van der Waals surface area contributed by atoms with Gasteiger partial charge >= 0.3 is 0 Å². The van der Waals surface area contributed by atoms with Crippen molar-refractivity contribution in [2.24, 2.45) is 5.16 Å². The molecule has 0 aromatic heterocycles. The molecule has 1 N–H and O–H groups in total. The normalized spacial score (nSPS) is 19.1. The predicted octanol–water partition coefficient (Wildman–Crippen LogP) is 3.98. The molecule has 0 saturated heterocycles. The van der Waals surface area contributed by atoms with E-state index in [1.165, 1.54) is 5.56 Å². The second kappa shape index (κ2) is 7.40. The molecule has 0 unspecified atom stereocenters. The third-order valence-electron chi connectivity index (χ3n) is 5.23. The summed E-state index contributed by atoms with van der Waals surface area (Å²) in [4.78, 5) is 2.26. The standard InChI is InChI=1S/C20H21BrN2O4/c1-23-8-7-13-9-17-19(27-11-26-17)20(25-2)18(13)16(23)10-15(22-24)12-3-5-14(21)6-4-12/h3-6,9,16,24H,7-8,10-11H2,1-2H3/b22-15+/t16-/m0/s1. The predicted molar refractivity (Wildman–Crippen MR) is 105 cm³/mol. The molecular formula is C20H21BrN2O4. The molecule has 2 aromatic carbocycles. The van der Waals surface area contributed by atoms with Gasteiger partial charge in [-0.15, -0.1) is 0 Å². The molecule has 2 heterocycles. The summed E-state index contributed by atoms with van der Waals surface area (Å²) in [7, 11) is 3.73. The van der Waals surface area contributed by atoms with Gasteiger partial charge in [0.25, 0.3) is 0 Å². The highest BCUT2D eigenvalue weighted by molar-refractivity contribution is 9.10. The van der Waals surface area contributed by atoms with Crippen molar-refractivity contribution in [1.29, 1.82) is 0 Å². The highest BCUT2D eigenvalue weighted by Crippen LogP contribution is 2.50. The first-order chi connectivity index (χ1) is 13.1. The maximum atomic E-state index is 9.68. The van der Waals surface area contributed by atoms with Crippen LogP contribution in [0.4, 0.5) is 0 Å². The molecule has 1 atom stereocenters. The van der Waals surface area contributed by atoms with Crippen LogP contribution >= 0.6 is 15.9 Å². The van der Waals surface area contributed by atoms with Gasteiger partial charge in [0.15, 0.2) is 11.5 Å². The Morgan fingerprint density at radius 2 is 2.11 bits per heavy atom. The molecule has 0 bridgehead atoms. The van der Waals surface area contributed by atoms with Crippen molar-refractivity contribution in [3.63, 3.8) is 0 Å². The third-order valence-corrected chi connectivity index (χ3v) is 5.76. The summed E-state index contributed by atoms with van der Waals surface area (Å²) in [6.45, 7) is 1.11. The number of fused-ring (bicyclic) bond motifs is 2. The van der Waals surface area contributed by atoms with Gasteiger partial charge < -0.3 is 19.4 Å². The van der Waals surface area contributed by atoms with Gasteiger partial charge in [-0.3, -0.25) is 4.90 Å². The number of benzene rings is 2. The number of hydrogen-bond donors (Lipinski definition) is 1. The largest absolute Gasteiger partial charge is 0.492 e. The second-order valence-electron chi connectivity index (χ2n) is 6.72. The topological polar surface area (TPSA) is 63.5 Å². The number of likely N-dealkylation sites (N-methyl/N-ethyl adjacent to an activating group) is 1. The lowest BCUT2D eigenvalue weighted by atomic mass is 9.87. The molecule has 0 fully saturated rings. The van der Waals surface area contributed by atoms with Crippen molar-refractivity contribution in [2.75, 3.05) is 27.5 Å². The number of nitrogens with zero attached hydrogens (tertiary/aromatic N) is 2. The highest BCUT2D eigenvalue weighted by Gasteiger charge is 2.34. The summed E-state index contributed by atoms with van der Waals surface area (Å²) in [5.41, 5.74) is 3.79. The van der Waals surface area contributed by atoms with Gasteiger partial charge in [0.05, 0.1) is 12.8 Å². The summed E-state index contributed by atoms with van der Waals surface area (Å²) in [5.74, 6) is 2.10. The minimum Gasteiger partial charge on any atom is -0.492 e. The Balaban J connectivity index is 1.75. The van der Waals surface area contributed by atoms with Crippen molar-refractivity contribution < 1.29 is 19.4 Å². The van der Waals surface area contributed by atoms with Crippen LogP contribution in [-0.2, 0) is 6.42 Å². The van der Waals surface area contributed by atoms with Gasteiger partial charge in [-0.25, -0.2) is 0 Å². The van der Waals surface area contributed by atoms with Crippen LogP contribution in [0.2, 0.25) is 0 Å². The third kappa shape index (κ3) is 3.26. The molecule has 2 aromatic rings. The quantitative estimate of drug-likeness (QED) is 0.449. The minimum atomic E-state index is 0.00717. The Hall–Kier alpha value is -2.25. The number of hydrogen-bond acceptors (Lipinski definition) is 6. The summed E-state index contributed by atoms with van der Waals surface area (Å²) < 4.78 is 17.9. The lowest BCUT2D eigenvalue weighted by Gasteiger charge is -2.36. The van der Waals surface area contributed by atoms with Gasteiger partial charge in [0.2, 0.25) is 12.5 Å². The van der Waals surface area contributed by atoms with Crippen LogP contribution in [0, 0.1) is 0 Å². The average molecular weight is 433 g/mol. The van der Waals surface area contributed by atoms with E-state index >= 15 is 0 Å². The Morgan fingerprint density at radius 1 is 1.33 bits per heavy atom. The molecule has 0 radical (unpaired) electrons. The van der Waals surface area contributed by atoms with E-state index in [0.717, 1.165) is 34.3 Å². The Morgan fingerprint density at radius 3 is 2.81 bits per heavy atom. The first-order valence-corrected chi connectivity index (χ1v) is 9.58. The van der Waals surface area contributed by atoms with Gasteiger partial charge in [-0.1, -0.05) is 33.2 Å². The molecule has 6 nitrogen and oxygen atoms in total. The maximum absolute atomic E-state index is 9.68. The van der Waals surface area contributed by atoms with Crippen LogP contribution in [0.3, 0.4) is 0 Å². The fraction of sp³-hybridized carbons (Fsp3) is 0.350. The number of halogens is 1. The molecule has 7 heteroatoms. The van der Waals surface area contributed by atoms with E-state index in [0.29, 0.717) is 23.6 Å². The Bertz CT molecular complexity index is 883. The Labute approximate surface area is 166 Å². The molecule has 0 saturated carbocycles. The first-order valence-electron chi connectivity index (χ1n) is 8.78. The lowest BCUT2D eigenvalue weighted by molar-refractivity contribution is 0.170. The minimum absolute atomic E-state index is 0.00717. The van der Waals surface area contributed by atoms with E-state index in [1.54, 1.807) is 7.11 Å². The summed E-state index contributed by atoms with van der Waals surface area (Å²) in [6.07, 6.45) is 1.46. The number of methoxy groups -OCH3 is 1. The smallest absolute Gasteiger partial charge is 0.231 e. The lowest BCUT2D eigenvalue weighted by Crippen LogP contribution is -2.34. The summed E-state index contributed by atoms with van der Waals surface area (Å²) in [5, 5.41) is 13.3. The summed E-state index contributed by atoms with van der Waals surface area (Å²) >= 11 is 3.44. The van der Waals surface area contributed by atoms with E-state index in [-0.39, 0.29) is 12.8 Å². The number of ether oxygens (including phenoxy) is 3. The van der Waals surface area contributed by atoms with Crippen LogP contribution in [-0.4, -0.2) is 43.3 Å². The molecule has 2 aliphatic rings. The second-order valence-corrected chi connectivity index (χ2v) is 7.64. The van der Waals surface area contributed by atoms with E-state index in [4.69, 9.17) is 14.2 Å². The number of rotatable bonds is 4. The van der Waals surface area contributed by atoms with Crippen LogP contribution < -0.4 is 14.2 Å². The van der Waals surface area contributed by atoms with Gasteiger partial charge in [0, 0.05) is 29.0 Å². The zero-order valence-corrected chi connectivity index (χ0v) is 16.8. The van der Waals surface area contributed by atoms with Crippen molar-refractivity contribution >= 4 is 21.6 Å². The molecule has 4 rings (SSSR count). The first kappa shape index (κ1) is 18.1. The highest BCUT2D eigenvalue weighted by atomic mass is 79.9. The van der Waals surface area contributed by atoms with Crippen molar-refractivity contribution in [3.8, 4) is 17.2 Å². The molecule has 0 amide bonds. The molecule has 27 heavy (non-hydrogen) atoms. The number of oxime groups is 1. The molecular weight excluding hydrogens is 412 g/mol. The maximum Gasteiger partial charge on any atom is 0.231 e. The van der Waals surface area contributed by atoms with E-state index in [1.807, 2.05) is 24.3 Å². The SMILES string of the molecule is COc1c2c(cc3c1[C@H](C/C(=N\O)c1ccc(Br)cc1)N(C)CC3)OCO2. The van der Waals surface area contributed by atoms with Crippen LogP contribution in [0.25, 0.3) is 0 Å². The van der Waals surface area contributed by atoms with Crippen molar-refractivity contribution in [2.45, 2.75) is 18.9 Å². The van der Waals surface area contributed by atoms with Gasteiger partial charge in [0.1, 0.15) is 0 Å². The fourth-order valence-electron chi connectivity index (χ4n) is 3.82.